The van der Waals surface area contributed by atoms with Crippen LogP contribution in [0.5, 0.6) is 0 Å². The van der Waals surface area contributed by atoms with Gasteiger partial charge in [0, 0.05) is 38.9 Å². The number of nitrogens with zero attached hydrogens (tertiary/aromatic N) is 2. The molecule has 2 atom stereocenters. The molecule has 2 aliphatic rings. The van der Waals surface area contributed by atoms with E-state index in [9.17, 15) is 9.59 Å². The van der Waals surface area contributed by atoms with Gasteiger partial charge in [-0.2, -0.15) is 0 Å². The maximum absolute atomic E-state index is 12.6. The summed E-state index contributed by atoms with van der Waals surface area (Å²) in [6.45, 7) is 2.37. The van der Waals surface area contributed by atoms with E-state index < -0.39 is 0 Å². The predicted molar refractivity (Wildman–Crippen MR) is 88.1 cm³/mol. The first-order valence-electron chi connectivity index (χ1n) is 8.31. The molecule has 1 aromatic rings. The monoisotopic (exact) mass is 316 g/mol. The number of methoxy groups -OCH3 is 1. The Morgan fingerprint density at radius 1 is 1.17 bits per heavy atom. The maximum atomic E-state index is 12.6. The zero-order valence-electron chi connectivity index (χ0n) is 13.6. The van der Waals surface area contributed by atoms with Crippen LogP contribution >= 0.6 is 0 Å². The Kier molecular flexibility index (Phi) is 4.96. The van der Waals surface area contributed by atoms with E-state index in [1.54, 1.807) is 7.11 Å². The molecule has 5 heteroatoms. The minimum atomic E-state index is 0.0569. The standard InChI is InChI=1S/C18H24N2O3/c1-23-13-18(22)19-9-7-14-11-17(21)20(10-8-15(14)12-19)16-5-3-2-4-6-16/h2-6,14-15H,7-13H2,1H3/t14-,15-/m0/s1. The van der Waals surface area contributed by atoms with Gasteiger partial charge in [0.15, 0.2) is 0 Å². The number of likely N-dealkylation sites (tertiary alicyclic amines) is 1. The van der Waals surface area contributed by atoms with Gasteiger partial charge >= 0.3 is 0 Å². The van der Waals surface area contributed by atoms with Crippen LogP contribution in [0.25, 0.3) is 0 Å². The third kappa shape index (κ3) is 3.55. The van der Waals surface area contributed by atoms with Crippen molar-refractivity contribution in [2.75, 3.05) is 38.3 Å². The molecule has 2 saturated heterocycles. The number of piperidine rings is 1. The summed E-state index contributed by atoms with van der Waals surface area (Å²) < 4.78 is 4.96. The van der Waals surface area contributed by atoms with E-state index in [1.807, 2.05) is 40.1 Å². The number of ether oxygens (including phenoxy) is 1. The van der Waals surface area contributed by atoms with Crippen LogP contribution in [0.2, 0.25) is 0 Å². The van der Waals surface area contributed by atoms with Crippen molar-refractivity contribution in [1.29, 1.82) is 0 Å². The van der Waals surface area contributed by atoms with E-state index in [0.717, 1.165) is 38.2 Å². The lowest BCUT2D eigenvalue weighted by Gasteiger charge is -2.37. The average molecular weight is 316 g/mol. The largest absolute Gasteiger partial charge is 0.375 e. The molecule has 0 saturated carbocycles. The normalized spacial score (nSPS) is 25.0. The van der Waals surface area contributed by atoms with Crippen molar-refractivity contribution in [2.24, 2.45) is 11.8 Å². The second kappa shape index (κ2) is 7.13. The fraction of sp³-hybridized carbons (Fsp3) is 0.556. The lowest BCUT2D eigenvalue weighted by atomic mass is 9.82. The summed E-state index contributed by atoms with van der Waals surface area (Å²) in [5, 5.41) is 0. The Hall–Kier alpha value is -1.88. The smallest absolute Gasteiger partial charge is 0.248 e. The van der Waals surface area contributed by atoms with Crippen LogP contribution in [-0.2, 0) is 14.3 Å². The quantitative estimate of drug-likeness (QED) is 0.856. The lowest BCUT2D eigenvalue weighted by molar-refractivity contribution is -0.137. The highest BCUT2D eigenvalue weighted by molar-refractivity contribution is 5.93. The number of rotatable bonds is 3. The number of anilines is 1. The van der Waals surface area contributed by atoms with Crippen molar-refractivity contribution < 1.29 is 14.3 Å². The molecule has 2 fully saturated rings. The van der Waals surface area contributed by atoms with E-state index in [1.165, 1.54) is 0 Å². The molecule has 0 N–H and O–H groups in total. The maximum Gasteiger partial charge on any atom is 0.248 e. The van der Waals surface area contributed by atoms with Gasteiger partial charge in [0.25, 0.3) is 0 Å². The van der Waals surface area contributed by atoms with Crippen LogP contribution in [-0.4, -0.2) is 50.1 Å². The number of amides is 2. The predicted octanol–water partition coefficient (Wildman–Crippen LogP) is 1.92. The van der Waals surface area contributed by atoms with Gasteiger partial charge in [0.1, 0.15) is 6.61 Å². The zero-order chi connectivity index (χ0) is 16.2. The molecule has 0 bridgehead atoms. The number of para-hydroxylation sites is 1. The zero-order valence-corrected chi connectivity index (χ0v) is 13.6. The molecule has 23 heavy (non-hydrogen) atoms. The highest BCUT2D eigenvalue weighted by Gasteiger charge is 2.36. The minimum Gasteiger partial charge on any atom is -0.375 e. The van der Waals surface area contributed by atoms with Gasteiger partial charge in [-0.05, 0) is 36.8 Å². The van der Waals surface area contributed by atoms with Crippen molar-refractivity contribution in [3.8, 4) is 0 Å². The topological polar surface area (TPSA) is 49.9 Å². The second-order valence-electron chi connectivity index (χ2n) is 6.46. The summed E-state index contributed by atoms with van der Waals surface area (Å²) in [6, 6.07) is 9.87. The van der Waals surface area contributed by atoms with E-state index >= 15 is 0 Å². The summed E-state index contributed by atoms with van der Waals surface area (Å²) >= 11 is 0. The molecular weight excluding hydrogens is 292 g/mol. The molecule has 0 aliphatic carbocycles. The van der Waals surface area contributed by atoms with Crippen LogP contribution in [0.3, 0.4) is 0 Å². The summed E-state index contributed by atoms with van der Waals surface area (Å²) in [6.07, 6.45) is 2.45. The van der Waals surface area contributed by atoms with E-state index in [2.05, 4.69) is 0 Å². The molecule has 0 aromatic heterocycles. The SMILES string of the molecule is COCC(=O)N1CC[C@H]2CC(=O)N(c3ccccc3)CC[C@H]2C1. The van der Waals surface area contributed by atoms with Gasteiger partial charge in [-0.15, -0.1) is 0 Å². The van der Waals surface area contributed by atoms with Crippen LogP contribution in [0.1, 0.15) is 19.3 Å². The Balaban J connectivity index is 1.68. The molecule has 124 valence electrons. The van der Waals surface area contributed by atoms with E-state index in [-0.39, 0.29) is 18.4 Å². The van der Waals surface area contributed by atoms with Crippen molar-refractivity contribution >= 4 is 17.5 Å². The highest BCUT2D eigenvalue weighted by atomic mass is 16.5. The van der Waals surface area contributed by atoms with Gasteiger partial charge in [-0.1, -0.05) is 18.2 Å². The Morgan fingerprint density at radius 2 is 1.91 bits per heavy atom. The third-order valence-electron chi connectivity index (χ3n) is 5.04. The van der Waals surface area contributed by atoms with Gasteiger partial charge in [-0.25, -0.2) is 0 Å². The van der Waals surface area contributed by atoms with Gasteiger partial charge in [0.2, 0.25) is 11.8 Å². The summed E-state index contributed by atoms with van der Waals surface area (Å²) in [5.74, 6) is 1.06. The number of hydrogen-bond acceptors (Lipinski definition) is 3. The number of fused-ring (bicyclic) bond motifs is 1. The van der Waals surface area contributed by atoms with Crippen LogP contribution in [0, 0.1) is 11.8 Å². The summed E-state index contributed by atoms with van der Waals surface area (Å²) in [7, 11) is 1.55. The first kappa shape index (κ1) is 16.0. The van der Waals surface area contributed by atoms with E-state index in [4.69, 9.17) is 4.74 Å². The Morgan fingerprint density at radius 3 is 2.65 bits per heavy atom. The van der Waals surface area contributed by atoms with Crippen molar-refractivity contribution in [1.82, 2.24) is 4.90 Å². The van der Waals surface area contributed by atoms with E-state index in [0.29, 0.717) is 18.3 Å². The van der Waals surface area contributed by atoms with Crippen LogP contribution < -0.4 is 4.90 Å². The molecule has 0 radical (unpaired) electrons. The number of carbonyl (C=O) groups is 2. The number of benzene rings is 1. The number of hydrogen-bond donors (Lipinski definition) is 0. The van der Waals surface area contributed by atoms with Crippen molar-refractivity contribution in [3.05, 3.63) is 30.3 Å². The van der Waals surface area contributed by atoms with Crippen molar-refractivity contribution in [2.45, 2.75) is 19.3 Å². The second-order valence-corrected chi connectivity index (χ2v) is 6.46. The van der Waals surface area contributed by atoms with Gasteiger partial charge in [0.05, 0.1) is 0 Å². The third-order valence-corrected chi connectivity index (χ3v) is 5.04. The fourth-order valence-electron chi connectivity index (χ4n) is 3.75. The molecular formula is C18H24N2O3. The van der Waals surface area contributed by atoms with Gasteiger partial charge < -0.3 is 14.5 Å². The first-order chi connectivity index (χ1) is 11.2. The molecule has 2 amide bonds. The van der Waals surface area contributed by atoms with Crippen LogP contribution in [0.15, 0.2) is 30.3 Å². The molecule has 2 aliphatic heterocycles. The number of carbonyl (C=O) groups excluding carboxylic acids is 2. The first-order valence-corrected chi connectivity index (χ1v) is 8.31. The molecule has 5 nitrogen and oxygen atoms in total. The average Bonchev–Trinajstić information content (AvgIpc) is 2.73. The van der Waals surface area contributed by atoms with Crippen molar-refractivity contribution in [3.63, 3.8) is 0 Å². The molecule has 2 heterocycles. The lowest BCUT2D eigenvalue weighted by Crippen LogP contribution is -2.45. The molecule has 1 aromatic carbocycles. The minimum absolute atomic E-state index is 0.0569. The molecule has 0 spiro atoms. The van der Waals surface area contributed by atoms with Crippen LogP contribution in [0.4, 0.5) is 5.69 Å². The molecule has 3 rings (SSSR count). The van der Waals surface area contributed by atoms with Gasteiger partial charge in [-0.3, -0.25) is 9.59 Å². The Bertz CT molecular complexity index is 561. The summed E-state index contributed by atoms with van der Waals surface area (Å²) in [5.41, 5.74) is 0.975. The summed E-state index contributed by atoms with van der Waals surface area (Å²) in [4.78, 5) is 28.4. The highest BCUT2D eigenvalue weighted by Crippen LogP contribution is 2.33. The Labute approximate surface area is 137 Å². The fourth-order valence-corrected chi connectivity index (χ4v) is 3.75. The molecule has 0 unspecified atom stereocenters.